The second-order valence-corrected chi connectivity index (χ2v) is 8.07. The average molecular weight is 405 g/mol. The second-order valence-electron chi connectivity index (χ2n) is 7.11. The van der Waals surface area contributed by atoms with Gasteiger partial charge in [0.1, 0.15) is 5.03 Å². The van der Waals surface area contributed by atoms with Crippen LogP contribution in [0.25, 0.3) is 0 Å². The first-order valence-corrected chi connectivity index (χ1v) is 10.4. The molecule has 29 heavy (non-hydrogen) atoms. The quantitative estimate of drug-likeness (QED) is 0.433. The summed E-state index contributed by atoms with van der Waals surface area (Å²) in [7, 11) is 0. The topological polar surface area (TPSA) is 59.1 Å². The van der Waals surface area contributed by atoms with E-state index in [1.807, 2.05) is 82.3 Å². The number of thioether (sulfide) groups is 1. The van der Waals surface area contributed by atoms with Crippen LogP contribution < -0.4 is 5.32 Å². The van der Waals surface area contributed by atoms with E-state index >= 15 is 0 Å². The number of aryl methyl sites for hydroxylation is 4. The predicted molar refractivity (Wildman–Crippen MR) is 119 cm³/mol. The number of rotatable bonds is 6. The first-order chi connectivity index (χ1) is 13.8. The smallest absolute Gasteiger partial charge is 0.258 e. The molecule has 1 N–H and O–H groups in total. The number of para-hydroxylation sites is 1. The summed E-state index contributed by atoms with van der Waals surface area (Å²) in [5, 5.41) is 3.55. The summed E-state index contributed by atoms with van der Waals surface area (Å²) < 4.78 is 0. The van der Waals surface area contributed by atoms with Gasteiger partial charge in [0.25, 0.3) is 5.91 Å². The van der Waals surface area contributed by atoms with Crippen LogP contribution in [0.3, 0.4) is 0 Å². The van der Waals surface area contributed by atoms with Crippen molar-refractivity contribution >= 4 is 29.1 Å². The predicted octanol–water partition coefficient (Wildman–Crippen LogP) is 5.54. The number of pyridine rings is 1. The van der Waals surface area contributed by atoms with Crippen molar-refractivity contribution in [2.45, 2.75) is 32.7 Å². The number of ketones is 1. The molecule has 0 aliphatic rings. The number of aromatic nitrogens is 1. The number of hydrogen-bond acceptors (Lipinski definition) is 4. The molecule has 1 heterocycles. The standard InChI is InChI=1S/C24H24N2O2S/c1-15-9-11-19(12-10-15)21(27)14-29-24-22(17(3)13-18(4)25-24)23(28)26-20-8-6-5-7-16(20)2/h5-13H,14H2,1-4H3,(H,26,28). The van der Waals surface area contributed by atoms with E-state index < -0.39 is 0 Å². The van der Waals surface area contributed by atoms with E-state index in [0.29, 0.717) is 16.2 Å². The highest BCUT2D eigenvalue weighted by atomic mass is 32.2. The fourth-order valence-electron chi connectivity index (χ4n) is 3.04. The highest BCUT2D eigenvalue weighted by Gasteiger charge is 2.19. The average Bonchev–Trinajstić information content (AvgIpc) is 2.68. The molecule has 0 aliphatic heterocycles. The number of nitrogens with zero attached hydrogens (tertiary/aromatic N) is 1. The summed E-state index contributed by atoms with van der Waals surface area (Å²) in [5.41, 5.74) is 5.71. The van der Waals surface area contributed by atoms with E-state index in [0.717, 1.165) is 28.1 Å². The van der Waals surface area contributed by atoms with Crippen molar-refractivity contribution in [3.8, 4) is 0 Å². The third-order valence-electron chi connectivity index (χ3n) is 4.65. The molecular formula is C24H24N2O2S. The molecule has 1 amide bonds. The lowest BCUT2D eigenvalue weighted by molar-refractivity contribution is 0.101. The van der Waals surface area contributed by atoms with Crippen LogP contribution in [0.15, 0.2) is 59.6 Å². The number of anilines is 1. The van der Waals surface area contributed by atoms with Crippen molar-refractivity contribution in [2.75, 3.05) is 11.1 Å². The van der Waals surface area contributed by atoms with Crippen LogP contribution >= 0.6 is 11.8 Å². The molecular weight excluding hydrogens is 380 g/mol. The number of hydrogen-bond donors (Lipinski definition) is 1. The van der Waals surface area contributed by atoms with Crippen LogP contribution in [0.5, 0.6) is 0 Å². The molecule has 0 bridgehead atoms. The molecule has 1 aromatic heterocycles. The van der Waals surface area contributed by atoms with Crippen molar-refractivity contribution in [3.05, 3.63) is 88.1 Å². The van der Waals surface area contributed by atoms with Crippen molar-refractivity contribution in [1.82, 2.24) is 4.98 Å². The van der Waals surface area contributed by atoms with Gasteiger partial charge >= 0.3 is 0 Å². The van der Waals surface area contributed by atoms with Gasteiger partial charge in [-0.3, -0.25) is 9.59 Å². The number of Topliss-reactive ketones (excluding diaryl/α,β-unsaturated/α-hetero) is 1. The summed E-state index contributed by atoms with van der Waals surface area (Å²) in [4.78, 5) is 30.1. The minimum Gasteiger partial charge on any atom is -0.322 e. The van der Waals surface area contributed by atoms with Crippen molar-refractivity contribution in [3.63, 3.8) is 0 Å². The Kier molecular flexibility index (Phi) is 6.49. The first-order valence-electron chi connectivity index (χ1n) is 9.43. The fourth-order valence-corrected chi connectivity index (χ4v) is 4.08. The fraction of sp³-hybridized carbons (Fsp3) is 0.208. The lowest BCUT2D eigenvalue weighted by atomic mass is 10.1. The highest BCUT2D eigenvalue weighted by molar-refractivity contribution is 8.00. The number of nitrogens with one attached hydrogen (secondary N) is 1. The van der Waals surface area contributed by atoms with E-state index in [-0.39, 0.29) is 17.4 Å². The molecule has 0 atom stereocenters. The maximum Gasteiger partial charge on any atom is 0.258 e. The molecule has 3 aromatic rings. The Labute approximate surface area is 175 Å². The first kappa shape index (κ1) is 20.8. The van der Waals surface area contributed by atoms with Gasteiger partial charge in [-0.2, -0.15) is 0 Å². The highest BCUT2D eigenvalue weighted by Crippen LogP contribution is 2.27. The van der Waals surface area contributed by atoms with Gasteiger partial charge in [-0.15, -0.1) is 0 Å². The van der Waals surface area contributed by atoms with Crippen LogP contribution in [0, 0.1) is 27.7 Å². The van der Waals surface area contributed by atoms with E-state index in [4.69, 9.17) is 0 Å². The lowest BCUT2D eigenvalue weighted by Crippen LogP contribution is -2.17. The number of benzene rings is 2. The summed E-state index contributed by atoms with van der Waals surface area (Å²) >= 11 is 1.30. The van der Waals surface area contributed by atoms with Gasteiger partial charge in [0, 0.05) is 16.9 Å². The maximum absolute atomic E-state index is 13.0. The van der Waals surface area contributed by atoms with Gasteiger partial charge < -0.3 is 5.32 Å². The van der Waals surface area contributed by atoms with Gasteiger partial charge in [0.15, 0.2) is 5.78 Å². The number of carbonyl (C=O) groups excluding carboxylic acids is 2. The molecule has 0 saturated carbocycles. The molecule has 0 saturated heterocycles. The van der Waals surface area contributed by atoms with Crippen molar-refractivity contribution in [1.29, 1.82) is 0 Å². The molecule has 0 spiro atoms. The zero-order valence-corrected chi connectivity index (χ0v) is 17.9. The third kappa shape index (κ3) is 5.12. The summed E-state index contributed by atoms with van der Waals surface area (Å²) in [6.45, 7) is 7.72. The molecule has 3 rings (SSSR count). The second kappa shape index (κ2) is 9.05. The summed E-state index contributed by atoms with van der Waals surface area (Å²) in [5.74, 6) is 0.0275. The van der Waals surface area contributed by atoms with Crippen molar-refractivity contribution < 1.29 is 9.59 Å². The molecule has 0 fully saturated rings. The van der Waals surface area contributed by atoms with Crippen LogP contribution in [0.1, 0.15) is 43.1 Å². The molecule has 0 radical (unpaired) electrons. The molecule has 5 heteroatoms. The van der Waals surface area contributed by atoms with Gasteiger partial charge in [0.2, 0.25) is 0 Å². The summed E-state index contributed by atoms with van der Waals surface area (Å²) in [6.07, 6.45) is 0. The minimum atomic E-state index is -0.213. The lowest BCUT2D eigenvalue weighted by Gasteiger charge is -2.14. The maximum atomic E-state index is 13.0. The Balaban J connectivity index is 1.83. The Morgan fingerprint density at radius 2 is 1.62 bits per heavy atom. The minimum absolute atomic E-state index is 0.0150. The van der Waals surface area contributed by atoms with Gasteiger partial charge in [-0.1, -0.05) is 59.8 Å². The zero-order chi connectivity index (χ0) is 21.0. The number of carbonyl (C=O) groups is 2. The van der Waals surface area contributed by atoms with E-state index in [2.05, 4.69) is 10.3 Å². The van der Waals surface area contributed by atoms with E-state index in [9.17, 15) is 9.59 Å². The van der Waals surface area contributed by atoms with Gasteiger partial charge in [-0.25, -0.2) is 4.98 Å². The summed E-state index contributed by atoms with van der Waals surface area (Å²) in [6, 6.07) is 17.0. The SMILES string of the molecule is Cc1ccc(C(=O)CSc2nc(C)cc(C)c2C(=O)Nc2ccccc2C)cc1. The Morgan fingerprint density at radius 1 is 0.931 bits per heavy atom. The molecule has 0 aliphatic carbocycles. The molecule has 148 valence electrons. The largest absolute Gasteiger partial charge is 0.322 e. The number of amides is 1. The van der Waals surface area contributed by atoms with Crippen LogP contribution in [-0.2, 0) is 0 Å². The zero-order valence-electron chi connectivity index (χ0n) is 17.1. The Morgan fingerprint density at radius 3 is 2.31 bits per heavy atom. The van der Waals surface area contributed by atoms with E-state index in [1.54, 1.807) is 0 Å². The van der Waals surface area contributed by atoms with Gasteiger partial charge in [-0.05, 0) is 51.0 Å². The monoisotopic (exact) mass is 404 g/mol. The molecule has 2 aromatic carbocycles. The third-order valence-corrected chi connectivity index (χ3v) is 5.62. The van der Waals surface area contributed by atoms with Crippen molar-refractivity contribution in [2.24, 2.45) is 0 Å². The Hall–Kier alpha value is -2.92. The van der Waals surface area contributed by atoms with Crippen LogP contribution in [0.2, 0.25) is 0 Å². The normalized spacial score (nSPS) is 10.6. The molecule has 0 unspecified atom stereocenters. The van der Waals surface area contributed by atoms with E-state index in [1.165, 1.54) is 11.8 Å². The van der Waals surface area contributed by atoms with Crippen LogP contribution in [0.4, 0.5) is 5.69 Å². The van der Waals surface area contributed by atoms with Crippen LogP contribution in [-0.4, -0.2) is 22.4 Å². The van der Waals surface area contributed by atoms with Gasteiger partial charge in [0.05, 0.1) is 11.3 Å². The molecule has 4 nitrogen and oxygen atoms in total. The Bertz CT molecular complexity index is 1060.